The van der Waals surface area contributed by atoms with Crippen molar-refractivity contribution in [1.29, 1.82) is 0 Å². The molecule has 0 aliphatic carbocycles. The zero-order chi connectivity index (χ0) is 19.4. The van der Waals surface area contributed by atoms with Gasteiger partial charge < -0.3 is 9.64 Å². The highest BCUT2D eigenvalue weighted by molar-refractivity contribution is 5.77. The van der Waals surface area contributed by atoms with E-state index in [1.165, 1.54) is 0 Å². The van der Waals surface area contributed by atoms with E-state index >= 15 is 0 Å². The van der Waals surface area contributed by atoms with Gasteiger partial charge in [-0.05, 0) is 36.8 Å². The van der Waals surface area contributed by atoms with E-state index in [1.807, 2.05) is 55.5 Å². The van der Waals surface area contributed by atoms with Crippen LogP contribution in [0.5, 0.6) is 5.75 Å². The van der Waals surface area contributed by atoms with Gasteiger partial charge in [0.15, 0.2) is 0 Å². The number of nitrogens with zero attached hydrogens (tertiary/aromatic N) is 3. The SMILES string of the molecule is Cc1cccc(OCCN(C)C(=O)CCn2c(=O)n(C)c3ccccc32)c1. The molecule has 6 heteroatoms. The molecule has 0 saturated heterocycles. The smallest absolute Gasteiger partial charge is 0.328 e. The molecule has 0 aliphatic heterocycles. The first-order chi connectivity index (χ1) is 13.0. The molecule has 3 rings (SSSR count). The van der Waals surface area contributed by atoms with Crippen LogP contribution in [-0.2, 0) is 18.4 Å². The molecule has 1 amide bonds. The number of para-hydroxylation sites is 2. The van der Waals surface area contributed by atoms with Gasteiger partial charge in [0.05, 0.1) is 17.6 Å². The zero-order valence-electron chi connectivity index (χ0n) is 16.0. The zero-order valence-corrected chi connectivity index (χ0v) is 16.0. The van der Waals surface area contributed by atoms with Crippen LogP contribution in [0.3, 0.4) is 0 Å². The molecule has 1 aromatic heterocycles. The lowest BCUT2D eigenvalue weighted by atomic mass is 10.2. The van der Waals surface area contributed by atoms with Gasteiger partial charge >= 0.3 is 5.69 Å². The molecule has 3 aromatic rings. The van der Waals surface area contributed by atoms with Gasteiger partial charge in [0.2, 0.25) is 5.91 Å². The Balaban J connectivity index is 1.55. The Kier molecular flexibility index (Phi) is 5.64. The first-order valence-corrected chi connectivity index (χ1v) is 9.05. The molecule has 0 saturated carbocycles. The maximum atomic E-state index is 12.4. The summed E-state index contributed by atoms with van der Waals surface area (Å²) in [5.74, 6) is 0.792. The molecule has 0 fully saturated rings. The van der Waals surface area contributed by atoms with E-state index < -0.39 is 0 Å². The number of benzene rings is 2. The van der Waals surface area contributed by atoms with E-state index in [1.54, 1.807) is 28.1 Å². The monoisotopic (exact) mass is 367 g/mol. The van der Waals surface area contributed by atoms with Crippen LogP contribution in [0, 0.1) is 6.92 Å². The fourth-order valence-corrected chi connectivity index (χ4v) is 3.11. The van der Waals surface area contributed by atoms with Gasteiger partial charge in [-0.2, -0.15) is 0 Å². The second-order valence-corrected chi connectivity index (χ2v) is 6.71. The molecular formula is C21H25N3O3. The predicted octanol–water partition coefficient (Wildman–Crippen LogP) is 2.58. The summed E-state index contributed by atoms with van der Waals surface area (Å²) in [6, 6.07) is 15.4. The van der Waals surface area contributed by atoms with Crippen LogP contribution < -0.4 is 10.4 Å². The molecule has 0 spiro atoms. The van der Waals surface area contributed by atoms with Crippen LogP contribution in [0.4, 0.5) is 0 Å². The Morgan fingerprint density at radius 3 is 2.59 bits per heavy atom. The van der Waals surface area contributed by atoms with E-state index in [2.05, 4.69) is 0 Å². The predicted molar refractivity (Wildman–Crippen MR) is 106 cm³/mol. The molecule has 2 aromatic carbocycles. The van der Waals surface area contributed by atoms with Crippen molar-refractivity contribution >= 4 is 16.9 Å². The topological polar surface area (TPSA) is 56.5 Å². The summed E-state index contributed by atoms with van der Waals surface area (Å²) in [4.78, 5) is 26.5. The van der Waals surface area contributed by atoms with Crippen LogP contribution in [0.15, 0.2) is 53.3 Å². The molecule has 0 N–H and O–H groups in total. The quantitative estimate of drug-likeness (QED) is 0.645. The van der Waals surface area contributed by atoms with E-state index in [4.69, 9.17) is 4.74 Å². The number of aryl methyl sites for hydroxylation is 3. The lowest BCUT2D eigenvalue weighted by Crippen LogP contribution is -2.32. The Bertz CT molecular complexity index is 1000. The number of hydrogen-bond acceptors (Lipinski definition) is 3. The molecular weight excluding hydrogens is 342 g/mol. The number of fused-ring (bicyclic) bond motifs is 1. The normalized spacial score (nSPS) is 10.9. The summed E-state index contributed by atoms with van der Waals surface area (Å²) >= 11 is 0. The van der Waals surface area contributed by atoms with Crippen LogP contribution in [0.25, 0.3) is 11.0 Å². The van der Waals surface area contributed by atoms with Gasteiger partial charge in [-0.3, -0.25) is 13.9 Å². The molecule has 0 unspecified atom stereocenters. The second-order valence-electron chi connectivity index (χ2n) is 6.71. The van der Waals surface area contributed by atoms with E-state index in [-0.39, 0.29) is 18.0 Å². The van der Waals surface area contributed by atoms with Gasteiger partial charge in [-0.25, -0.2) is 4.79 Å². The van der Waals surface area contributed by atoms with Crippen molar-refractivity contribution in [3.63, 3.8) is 0 Å². The van der Waals surface area contributed by atoms with E-state index in [9.17, 15) is 9.59 Å². The number of rotatable bonds is 7. The summed E-state index contributed by atoms with van der Waals surface area (Å²) in [7, 11) is 3.51. The lowest BCUT2D eigenvalue weighted by molar-refractivity contribution is -0.130. The van der Waals surface area contributed by atoms with Gasteiger partial charge in [0.1, 0.15) is 12.4 Å². The van der Waals surface area contributed by atoms with Gasteiger partial charge in [-0.1, -0.05) is 24.3 Å². The Morgan fingerprint density at radius 1 is 1.11 bits per heavy atom. The fourth-order valence-electron chi connectivity index (χ4n) is 3.11. The highest BCUT2D eigenvalue weighted by Crippen LogP contribution is 2.13. The molecule has 1 heterocycles. The maximum absolute atomic E-state index is 12.4. The Morgan fingerprint density at radius 2 is 1.85 bits per heavy atom. The van der Waals surface area contributed by atoms with E-state index in [0.29, 0.717) is 19.7 Å². The number of hydrogen-bond donors (Lipinski definition) is 0. The first-order valence-electron chi connectivity index (χ1n) is 9.05. The summed E-state index contributed by atoms with van der Waals surface area (Å²) in [5, 5.41) is 0. The molecule has 0 radical (unpaired) electrons. The maximum Gasteiger partial charge on any atom is 0.328 e. The number of aromatic nitrogens is 2. The molecule has 0 bridgehead atoms. The van der Waals surface area contributed by atoms with Crippen molar-refractivity contribution in [2.45, 2.75) is 19.9 Å². The molecule has 0 atom stereocenters. The number of ether oxygens (including phenoxy) is 1. The highest BCUT2D eigenvalue weighted by Gasteiger charge is 2.13. The van der Waals surface area contributed by atoms with Crippen molar-refractivity contribution in [2.75, 3.05) is 20.2 Å². The third-order valence-electron chi connectivity index (χ3n) is 4.71. The summed E-state index contributed by atoms with van der Waals surface area (Å²) in [6.07, 6.45) is 0.273. The number of imidazole rings is 1. The van der Waals surface area contributed by atoms with Gasteiger partial charge in [0.25, 0.3) is 0 Å². The van der Waals surface area contributed by atoms with Crippen LogP contribution in [0.1, 0.15) is 12.0 Å². The van der Waals surface area contributed by atoms with Gasteiger partial charge in [-0.15, -0.1) is 0 Å². The lowest BCUT2D eigenvalue weighted by Gasteiger charge is -2.17. The largest absolute Gasteiger partial charge is 0.492 e. The highest BCUT2D eigenvalue weighted by atomic mass is 16.5. The Labute approximate surface area is 158 Å². The van der Waals surface area contributed by atoms with Crippen molar-refractivity contribution in [3.05, 3.63) is 64.6 Å². The molecule has 0 aliphatic rings. The average Bonchev–Trinajstić information content (AvgIpc) is 2.90. The average molecular weight is 367 g/mol. The first kappa shape index (κ1) is 18.8. The van der Waals surface area contributed by atoms with Crippen LogP contribution >= 0.6 is 0 Å². The second kappa shape index (κ2) is 8.12. The number of carbonyl (C=O) groups excluding carboxylic acids is 1. The molecule has 142 valence electrons. The van der Waals surface area contributed by atoms with Crippen molar-refractivity contribution < 1.29 is 9.53 Å². The molecule has 27 heavy (non-hydrogen) atoms. The number of amides is 1. The minimum absolute atomic E-state index is 0.0114. The van der Waals surface area contributed by atoms with Crippen LogP contribution in [0.2, 0.25) is 0 Å². The third-order valence-corrected chi connectivity index (χ3v) is 4.71. The summed E-state index contributed by atoms with van der Waals surface area (Å²) < 4.78 is 8.97. The van der Waals surface area contributed by atoms with Gasteiger partial charge in [0, 0.05) is 27.1 Å². The third kappa shape index (κ3) is 4.22. The summed E-state index contributed by atoms with van der Waals surface area (Å²) in [6.45, 7) is 3.30. The van der Waals surface area contributed by atoms with Crippen LogP contribution in [-0.4, -0.2) is 40.1 Å². The van der Waals surface area contributed by atoms with Crippen molar-refractivity contribution in [1.82, 2.24) is 14.0 Å². The summed E-state index contributed by atoms with van der Waals surface area (Å²) in [5.41, 5.74) is 2.75. The van der Waals surface area contributed by atoms with Crippen molar-refractivity contribution in [2.24, 2.45) is 7.05 Å². The van der Waals surface area contributed by atoms with Crippen molar-refractivity contribution in [3.8, 4) is 5.75 Å². The number of carbonyl (C=O) groups is 1. The Hall–Kier alpha value is -3.02. The molecule has 6 nitrogen and oxygen atoms in total. The number of likely N-dealkylation sites (N-methyl/N-ethyl adjacent to an activating group) is 1. The standard InChI is InChI=1S/C21H25N3O3/c1-16-7-6-8-17(15-16)27-14-13-22(2)20(25)11-12-24-19-10-5-4-9-18(19)23(3)21(24)26/h4-10,15H,11-14H2,1-3H3. The minimum Gasteiger partial charge on any atom is -0.492 e. The fraction of sp³-hybridized carbons (Fsp3) is 0.333. The minimum atomic E-state index is -0.102. The van der Waals surface area contributed by atoms with E-state index in [0.717, 1.165) is 22.3 Å².